The number of carbonyl (C=O) groups excluding carboxylic acids is 1. The van der Waals surface area contributed by atoms with Crippen molar-refractivity contribution in [2.45, 2.75) is 31.4 Å². The SMILES string of the molecule is CC1(N)CCCN(C(=O)OC(CF)CF)C1. The second kappa shape index (κ2) is 5.43. The Kier molecular flexibility index (Phi) is 4.46. The van der Waals surface area contributed by atoms with Gasteiger partial charge in [0.2, 0.25) is 0 Å². The summed E-state index contributed by atoms with van der Waals surface area (Å²) in [5.41, 5.74) is 5.46. The predicted molar refractivity (Wildman–Crippen MR) is 55.6 cm³/mol. The van der Waals surface area contributed by atoms with Crippen LogP contribution in [0.15, 0.2) is 0 Å². The molecule has 1 unspecified atom stereocenters. The number of hydrogen-bond donors (Lipinski definition) is 1. The van der Waals surface area contributed by atoms with Crippen LogP contribution in [0.1, 0.15) is 19.8 Å². The molecule has 0 saturated carbocycles. The minimum Gasteiger partial charge on any atom is -0.441 e. The average Bonchev–Trinajstić information content (AvgIpc) is 2.24. The average molecular weight is 236 g/mol. The maximum absolute atomic E-state index is 12.2. The quantitative estimate of drug-likeness (QED) is 0.802. The number of halogens is 2. The number of piperidine rings is 1. The second-order valence-electron chi connectivity index (χ2n) is 4.49. The van der Waals surface area contributed by atoms with Crippen molar-refractivity contribution < 1.29 is 18.3 Å². The first-order chi connectivity index (χ1) is 7.48. The topological polar surface area (TPSA) is 55.6 Å². The lowest BCUT2D eigenvalue weighted by molar-refractivity contribution is 0.0285. The molecule has 6 heteroatoms. The summed E-state index contributed by atoms with van der Waals surface area (Å²) in [5, 5.41) is 0. The molecule has 0 aromatic heterocycles. The van der Waals surface area contributed by atoms with Gasteiger partial charge >= 0.3 is 6.09 Å². The highest BCUT2D eigenvalue weighted by molar-refractivity contribution is 5.68. The molecule has 1 amide bonds. The number of nitrogens with zero attached hydrogens (tertiary/aromatic N) is 1. The Morgan fingerprint density at radius 1 is 1.56 bits per heavy atom. The Hall–Kier alpha value is -0.910. The molecule has 1 aliphatic heterocycles. The monoisotopic (exact) mass is 236 g/mol. The molecule has 1 rings (SSSR count). The van der Waals surface area contributed by atoms with E-state index in [1.165, 1.54) is 4.90 Å². The first-order valence-corrected chi connectivity index (χ1v) is 5.35. The lowest BCUT2D eigenvalue weighted by Crippen LogP contribution is -2.54. The van der Waals surface area contributed by atoms with Crippen LogP contribution in [-0.4, -0.2) is 49.1 Å². The zero-order chi connectivity index (χ0) is 12.2. The molecule has 2 N–H and O–H groups in total. The number of hydrogen-bond acceptors (Lipinski definition) is 3. The van der Waals surface area contributed by atoms with Crippen LogP contribution in [0.25, 0.3) is 0 Å². The highest BCUT2D eigenvalue weighted by Gasteiger charge is 2.31. The summed E-state index contributed by atoms with van der Waals surface area (Å²) in [6, 6.07) is 0. The van der Waals surface area contributed by atoms with Gasteiger partial charge in [0.15, 0.2) is 6.10 Å². The molecular weight excluding hydrogens is 218 g/mol. The fraction of sp³-hybridized carbons (Fsp3) is 0.900. The number of likely N-dealkylation sites (tertiary alicyclic amines) is 1. The Bertz CT molecular complexity index is 245. The zero-order valence-electron chi connectivity index (χ0n) is 9.42. The van der Waals surface area contributed by atoms with Crippen LogP contribution in [0.3, 0.4) is 0 Å². The second-order valence-corrected chi connectivity index (χ2v) is 4.49. The summed E-state index contributed by atoms with van der Waals surface area (Å²) >= 11 is 0. The molecular formula is C10H18F2N2O2. The van der Waals surface area contributed by atoms with Gasteiger partial charge in [0, 0.05) is 18.6 Å². The molecule has 1 atom stereocenters. The van der Waals surface area contributed by atoms with Crippen molar-refractivity contribution in [3.8, 4) is 0 Å². The molecule has 0 bridgehead atoms. The summed E-state index contributed by atoms with van der Waals surface area (Å²) in [7, 11) is 0. The zero-order valence-corrected chi connectivity index (χ0v) is 9.42. The van der Waals surface area contributed by atoms with E-state index in [0.717, 1.165) is 12.8 Å². The fourth-order valence-corrected chi connectivity index (χ4v) is 1.75. The van der Waals surface area contributed by atoms with Crippen LogP contribution in [0.4, 0.5) is 13.6 Å². The van der Waals surface area contributed by atoms with E-state index in [-0.39, 0.29) is 0 Å². The van der Waals surface area contributed by atoms with Gasteiger partial charge in [0.05, 0.1) is 0 Å². The summed E-state index contributed by atoms with van der Waals surface area (Å²) in [6.07, 6.45) is -0.375. The van der Waals surface area contributed by atoms with Gasteiger partial charge in [-0.3, -0.25) is 0 Å². The normalized spacial score (nSPS) is 25.9. The minimum absolute atomic E-state index is 0.358. The molecule has 0 aliphatic carbocycles. The number of ether oxygens (including phenoxy) is 1. The van der Waals surface area contributed by atoms with Crippen LogP contribution >= 0.6 is 0 Å². The predicted octanol–water partition coefficient (Wildman–Crippen LogP) is 1.24. The van der Waals surface area contributed by atoms with Gasteiger partial charge in [-0.2, -0.15) is 0 Å². The van der Waals surface area contributed by atoms with Crippen molar-refractivity contribution in [3.05, 3.63) is 0 Å². The maximum atomic E-state index is 12.2. The van der Waals surface area contributed by atoms with E-state index in [2.05, 4.69) is 4.74 Å². The van der Waals surface area contributed by atoms with Crippen molar-refractivity contribution in [3.63, 3.8) is 0 Å². The number of rotatable bonds is 3. The van der Waals surface area contributed by atoms with Crippen LogP contribution in [0, 0.1) is 0 Å². The number of alkyl halides is 2. The summed E-state index contributed by atoms with van der Waals surface area (Å²) in [5.74, 6) is 0. The maximum Gasteiger partial charge on any atom is 0.410 e. The van der Waals surface area contributed by atoms with Gasteiger partial charge in [-0.1, -0.05) is 0 Å². The van der Waals surface area contributed by atoms with E-state index in [9.17, 15) is 13.6 Å². The van der Waals surface area contributed by atoms with Gasteiger partial charge in [0.25, 0.3) is 0 Å². The van der Waals surface area contributed by atoms with E-state index < -0.39 is 31.1 Å². The number of amides is 1. The smallest absolute Gasteiger partial charge is 0.410 e. The lowest BCUT2D eigenvalue weighted by atomic mass is 9.93. The van der Waals surface area contributed by atoms with E-state index in [1.54, 1.807) is 0 Å². The first kappa shape index (κ1) is 13.2. The Morgan fingerprint density at radius 3 is 2.69 bits per heavy atom. The van der Waals surface area contributed by atoms with Gasteiger partial charge < -0.3 is 15.4 Å². The van der Waals surface area contributed by atoms with Crippen LogP contribution < -0.4 is 5.73 Å². The standard InChI is InChI=1S/C10H18F2N2O2/c1-10(13)3-2-4-14(7-10)9(15)16-8(5-11)6-12/h8H,2-7,13H2,1H3. The van der Waals surface area contributed by atoms with Crippen LogP contribution in [-0.2, 0) is 4.74 Å². The molecule has 1 fully saturated rings. The van der Waals surface area contributed by atoms with Crippen molar-refractivity contribution in [1.82, 2.24) is 4.90 Å². The van der Waals surface area contributed by atoms with E-state index in [4.69, 9.17) is 5.73 Å². The van der Waals surface area contributed by atoms with E-state index in [1.807, 2.05) is 6.92 Å². The van der Waals surface area contributed by atoms with Crippen molar-refractivity contribution >= 4 is 6.09 Å². The highest BCUT2D eigenvalue weighted by atomic mass is 19.1. The molecule has 16 heavy (non-hydrogen) atoms. The molecule has 1 saturated heterocycles. The molecule has 0 aromatic carbocycles. The van der Waals surface area contributed by atoms with Crippen LogP contribution in [0.5, 0.6) is 0 Å². The minimum atomic E-state index is -1.29. The van der Waals surface area contributed by atoms with E-state index in [0.29, 0.717) is 13.1 Å². The van der Waals surface area contributed by atoms with Gasteiger partial charge in [-0.05, 0) is 19.8 Å². The Labute approximate surface area is 93.7 Å². The van der Waals surface area contributed by atoms with Gasteiger partial charge in [0.1, 0.15) is 13.3 Å². The molecule has 1 heterocycles. The van der Waals surface area contributed by atoms with Crippen LogP contribution in [0.2, 0.25) is 0 Å². The van der Waals surface area contributed by atoms with Crippen molar-refractivity contribution in [2.75, 3.05) is 26.4 Å². The largest absolute Gasteiger partial charge is 0.441 e. The van der Waals surface area contributed by atoms with Crippen molar-refractivity contribution in [1.29, 1.82) is 0 Å². The molecule has 0 aromatic rings. The number of nitrogens with two attached hydrogens (primary N) is 1. The third-order valence-corrected chi connectivity index (χ3v) is 2.60. The molecule has 0 spiro atoms. The molecule has 4 nitrogen and oxygen atoms in total. The summed E-state index contributed by atoms with van der Waals surface area (Å²) in [6.45, 7) is 0.716. The summed E-state index contributed by atoms with van der Waals surface area (Å²) in [4.78, 5) is 12.9. The van der Waals surface area contributed by atoms with Gasteiger partial charge in [-0.15, -0.1) is 0 Å². The Morgan fingerprint density at radius 2 is 2.19 bits per heavy atom. The van der Waals surface area contributed by atoms with Crippen molar-refractivity contribution in [2.24, 2.45) is 5.73 Å². The van der Waals surface area contributed by atoms with E-state index >= 15 is 0 Å². The third kappa shape index (κ3) is 3.59. The molecule has 0 radical (unpaired) electrons. The highest BCUT2D eigenvalue weighted by Crippen LogP contribution is 2.18. The summed E-state index contributed by atoms with van der Waals surface area (Å²) < 4.78 is 29.0. The number of carbonyl (C=O) groups is 1. The lowest BCUT2D eigenvalue weighted by Gasteiger charge is -2.37. The molecule has 94 valence electrons. The fourth-order valence-electron chi connectivity index (χ4n) is 1.75. The van der Waals surface area contributed by atoms with Gasteiger partial charge in [-0.25, -0.2) is 13.6 Å². The molecule has 1 aliphatic rings. The Balaban J connectivity index is 2.47. The third-order valence-electron chi connectivity index (χ3n) is 2.60. The first-order valence-electron chi connectivity index (χ1n) is 5.35.